The van der Waals surface area contributed by atoms with E-state index in [1.807, 2.05) is 62.4 Å². The Balaban J connectivity index is 1.65. The third kappa shape index (κ3) is 3.46. The Bertz CT molecular complexity index is 970. The largest absolute Gasteiger partial charge is 0.494 e. The van der Waals surface area contributed by atoms with E-state index in [4.69, 9.17) is 4.74 Å². The molecule has 2 aliphatic rings. The fraction of sp³-hybridized carbons (Fsp3) is 0.381. The van der Waals surface area contributed by atoms with Crippen LogP contribution in [0.25, 0.3) is 0 Å². The number of amides is 2. The average Bonchev–Trinajstić information content (AvgIpc) is 3.09. The molecule has 148 valence electrons. The SMILES string of the molecule is CCOc1ccc(N2C(=O)N(Cc3ccc(C)cc3)C3CS(=O)(=O)CC32)cc1. The number of hydrogen-bond acceptors (Lipinski definition) is 4. The van der Waals surface area contributed by atoms with Crippen molar-refractivity contribution >= 4 is 21.6 Å². The molecule has 2 atom stereocenters. The Morgan fingerprint density at radius 1 is 1.00 bits per heavy atom. The van der Waals surface area contributed by atoms with Gasteiger partial charge in [0.1, 0.15) is 5.75 Å². The number of benzene rings is 2. The second-order valence-electron chi connectivity index (χ2n) is 7.40. The molecule has 0 bridgehead atoms. The summed E-state index contributed by atoms with van der Waals surface area (Å²) >= 11 is 0. The van der Waals surface area contributed by atoms with Crippen molar-refractivity contribution in [1.82, 2.24) is 4.90 Å². The highest BCUT2D eigenvalue weighted by atomic mass is 32.2. The molecule has 6 nitrogen and oxygen atoms in total. The minimum atomic E-state index is -3.18. The first kappa shape index (κ1) is 18.8. The van der Waals surface area contributed by atoms with Gasteiger partial charge in [-0.05, 0) is 43.7 Å². The molecule has 0 radical (unpaired) electrons. The van der Waals surface area contributed by atoms with Crippen LogP contribution in [0.1, 0.15) is 18.1 Å². The molecule has 2 amide bonds. The third-order valence-corrected chi connectivity index (χ3v) is 7.08. The van der Waals surface area contributed by atoms with E-state index < -0.39 is 9.84 Å². The molecular formula is C21H24N2O4S. The maximum absolute atomic E-state index is 13.2. The molecule has 0 N–H and O–H groups in total. The molecule has 7 heteroatoms. The number of nitrogens with zero attached hydrogens (tertiary/aromatic N) is 2. The number of carbonyl (C=O) groups excluding carboxylic acids is 1. The molecule has 2 aliphatic heterocycles. The van der Waals surface area contributed by atoms with E-state index >= 15 is 0 Å². The number of carbonyl (C=O) groups is 1. The number of aryl methyl sites for hydroxylation is 1. The van der Waals surface area contributed by atoms with Gasteiger partial charge in [0.25, 0.3) is 0 Å². The van der Waals surface area contributed by atoms with Gasteiger partial charge in [0, 0.05) is 12.2 Å². The first-order valence-electron chi connectivity index (χ1n) is 9.46. The molecule has 2 aromatic carbocycles. The predicted octanol–water partition coefficient (Wildman–Crippen LogP) is 3.00. The summed E-state index contributed by atoms with van der Waals surface area (Å²) < 4.78 is 30.1. The Kier molecular flexibility index (Phi) is 4.79. The van der Waals surface area contributed by atoms with Crippen LogP contribution in [0.4, 0.5) is 10.5 Å². The van der Waals surface area contributed by atoms with E-state index in [1.54, 1.807) is 9.80 Å². The number of anilines is 1. The summed E-state index contributed by atoms with van der Waals surface area (Å²) in [5.74, 6) is 0.745. The number of hydrogen-bond donors (Lipinski definition) is 0. The normalized spacial score (nSPS) is 23.1. The number of ether oxygens (including phenoxy) is 1. The maximum atomic E-state index is 13.2. The zero-order valence-electron chi connectivity index (χ0n) is 16.0. The summed E-state index contributed by atoms with van der Waals surface area (Å²) in [6, 6.07) is 14.4. The van der Waals surface area contributed by atoms with Crippen molar-refractivity contribution in [2.75, 3.05) is 23.0 Å². The van der Waals surface area contributed by atoms with Crippen LogP contribution in [0.15, 0.2) is 48.5 Å². The van der Waals surface area contributed by atoms with E-state index in [0.29, 0.717) is 18.8 Å². The number of sulfone groups is 1. The molecule has 0 aliphatic carbocycles. The van der Waals surface area contributed by atoms with Crippen LogP contribution < -0.4 is 9.64 Å². The lowest BCUT2D eigenvalue weighted by molar-refractivity contribution is 0.206. The van der Waals surface area contributed by atoms with Gasteiger partial charge in [0.15, 0.2) is 9.84 Å². The van der Waals surface area contributed by atoms with E-state index in [-0.39, 0.29) is 29.6 Å². The second-order valence-corrected chi connectivity index (χ2v) is 9.56. The Morgan fingerprint density at radius 3 is 2.29 bits per heavy atom. The lowest BCUT2D eigenvalue weighted by atomic mass is 10.1. The molecular weight excluding hydrogens is 376 g/mol. The molecule has 2 heterocycles. The van der Waals surface area contributed by atoms with E-state index in [1.165, 1.54) is 0 Å². The number of urea groups is 1. The van der Waals surface area contributed by atoms with Crippen molar-refractivity contribution in [3.8, 4) is 5.75 Å². The lowest BCUT2D eigenvalue weighted by Crippen LogP contribution is -2.37. The van der Waals surface area contributed by atoms with Crippen molar-refractivity contribution < 1.29 is 17.9 Å². The first-order chi connectivity index (χ1) is 13.4. The van der Waals surface area contributed by atoms with Crippen molar-refractivity contribution in [2.24, 2.45) is 0 Å². The van der Waals surface area contributed by atoms with Crippen molar-refractivity contribution in [1.29, 1.82) is 0 Å². The number of fused-ring (bicyclic) bond motifs is 1. The fourth-order valence-electron chi connectivity index (χ4n) is 4.02. The van der Waals surface area contributed by atoms with Gasteiger partial charge in [-0.25, -0.2) is 13.2 Å². The van der Waals surface area contributed by atoms with Crippen molar-refractivity contribution in [2.45, 2.75) is 32.5 Å². The highest BCUT2D eigenvalue weighted by Gasteiger charge is 2.53. The molecule has 28 heavy (non-hydrogen) atoms. The van der Waals surface area contributed by atoms with Gasteiger partial charge >= 0.3 is 6.03 Å². The van der Waals surface area contributed by atoms with Crippen LogP contribution in [0, 0.1) is 6.92 Å². The summed E-state index contributed by atoms with van der Waals surface area (Å²) in [6.45, 7) is 4.89. The topological polar surface area (TPSA) is 66.9 Å². The molecule has 0 aromatic heterocycles. The molecule has 2 fully saturated rings. The smallest absolute Gasteiger partial charge is 0.325 e. The summed E-state index contributed by atoms with van der Waals surface area (Å²) in [7, 11) is -3.18. The van der Waals surface area contributed by atoms with Gasteiger partial charge < -0.3 is 9.64 Å². The summed E-state index contributed by atoms with van der Waals surface area (Å²) in [5.41, 5.74) is 2.84. The Hall–Kier alpha value is -2.54. The average molecular weight is 401 g/mol. The van der Waals surface area contributed by atoms with Gasteiger partial charge in [0.2, 0.25) is 0 Å². The zero-order chi connectivity index (χ0) is 19.9. The van der Waals surface area contributed by atoms with Crippen LogP contribution in [0.5, 0.6) is 5.75 Å². The molecule has 0 saturated carbocycles. The maximum Gasteiger partial charge on any atom is 0.325 e. The molecule has 0 spiro atoms. The van der Waals surface area contributed by atoms with Crippen LogP contribution in [-0.2, 0) is 16.4 Å². The quantitative estimate of drug-likeness (QED) is 0.724. The van der Waals surface area contributed by atoms with Crippen LogP contribution in [-0.4, -0.2) is 49.5 Å². The summed E-state index contributed by atoms with van der Waals surface area (Å²) in [6.07, 6.45) is 0. The van der Waals surface area contributed by atoms with Gasteiger partial charge in [-0.15, -0.1) is 0 Å². The first-order valence-corrected chi connectivity index (χ1v) is 11.3. The van der Waals surface area contributed by atoms with Gasteiger partial charge in [-0.2, -0.15) is 0 Å². The minimum absolute atomic E-state index is 0.00101. The van der Waals surface area contributed by atoms with E-state index in [9.17, 15) is 13.2 Å². The summed E-state index contributed by atoms with van der Waals surface area (Å²) in [4.78, 5) is 16.6. The van der Waals surface area contributed by atoms with Gasteiger partial charge in [-0.3, -0.25) is 4.90 Å². The van der Waals surface area contributed by atoms with Crippen LogP contribution in [0.2, 0.25) is 0 Å². The van der Waals surface area contributed by atoms with E-state index in [2.05, 4.69) is 0 Å². The van der Waals surface area contributed by atoms with Gasteiger partial charge in [0.05, 0.1) is 30.2 Å². The van der Waals surface area contributed by atoms with Gasteiger partial charge in [-0.1, -0.05) is 29.8 Å². The van der Waals surface area contributed by atoms with Crippen molar-refractivity contribution in [3.63, 3.8) is 0 Å². The minimum Gasteiger partial charge on any atom is -0.494 e. The van der Waals surface area contributed by atoms with E-state index in [0.717, 1.165) is 16.9 Å². The highest BCUT2D eigenvalue weighted by molar-refractivity contribution is 7.91. The summed E-state index contributed by atoms with van der Waals surface area (Å²) in [5, 5.41) is 0. The number of rotatable bonds is 5. The highest BCUT2D eigenvalue weighted by Crippen LogP contribution is 2.36. The van der Waals surface area contributed by atoms with Crippen LogP contribution >= 0.6 is 0 Å². The Labute approximate surface area is 165 Å². The zero-order valence-corrected chi connectivity index (χ0v) is 16.9. The van der Waals surface area contributed by atoms with Crippen LogP contribution in [0.3, 0.4) is 0 Å². The third-order valence-electron chi connectivity index (χ3n) is 5.38. The van der Waals surface area contributed by atoms with Crippen molar-refractivity contribution in [3.05, 3.63) is 59.7 Å². The molecule has 4 rings (SSSR count). The monoisotopic (exact) mass is 400 g/mol. The fourth-order valence-corrected chi connectivity index (χ4v) is 5.97. The predicted molar refractivity (Wildman–Crippen MR) is 108 cm³/mol. The molecule has 2 unspecified atom stereocenters. The second kappa shape index (κ2) is 7.13. The molecule has 2 aromatic rings. The standard InChI is InChI=1S/C21H24N2O4S/c1-3-27-18-10-8-17(9-11-18)23-20-14-28(25,26)13-19(20)22(21(23)24)12-16-6-4-15(2)5-7-16/h4-11,19-20H,3,12-14H2,1-2H3. The lowest BCUT2D eigenvalue weighted by Gasteiger charge is -2.23. The molecule has 2 saturated heterocycles. The Morgan fingerprint density at radius 2 is 1.64 bits per heavy atom.